The molecule has 0 radical (unpaired) electrons. The number of hydrogen-bond acceptors (Lipinski definition) is 3. The number of carbonyl (C=O) groups is 1. The van der Waals surface area contributed by atoms with Crippen LogP contribution in [-0.4, -0.2) is 18.2 Å². The maximum atomic E-state index is 11.1. The van der Waals surface area contributed by atoms with Gasteiger partial charge in [-0.15, -0.1) is 11.8 Å². The Balaban J connectivity index is 2.30. The zero-order valence-corrected chi connectivity index (χ0v) is 9.43. The van der Waals surface area contributed by atoms with Crippen LogP contribution >= 0.6 is 11.8 Å². The van der Waals surface area contributed by atoms with Gasteiger partial charge in [-0.2, -0.15) is 0 Å². The summed E-state index contributed by atoms with van der Waals surface area (Å²) in [6.07, 6.45) is 0. The molecule has 0 aliphatic carbocycles. The van der Waals surface area contributed by atoms with Crippen LogP contribution in [0.2, 0.25) is 0 Å². The van der Waals surface area contributed by atoms with Crippen molar-refractivity contribution in [2.45, 2.75) is 17.7 Å². The van der Waals surface area contributed by atoms with E-state index in [9.17, 15) is 4.79 Å². The highest BCUT2D eigenvalue weighted by Crippen LogP contribution is 2.33. The normalized spacial score (nSPS) is 16.8. The largest absolute Gasteiger partial charge is 0.330 e. The molecular weight excluding hydrogens is 208 g/mol. The number of rotatable bonds is 2. The number of fused-ring (bicyclic) bond motifs is 1. The average molecular weight is 222 g/mol. The van der Waals surface area contributed by atoms with Gasteiger partial charge in [0.1, 0.15) is 0 Å². The first-order valence-electron chi connectivity index (χ1n) is 4.97. The molecule has 0 aromatic heterocycles. The average Bonchev–Trinajstić information content (AvgIpc) is 2.27. The van der Waals surface area contributed by atoms with Crippen LogP contribution in [-0.2, 0) is 4.79 Å². The first-order valence-corrected chi connectivity index (χ1v) is 5.96. The molecule has 80 valence electrons. The summed E-state index contributed by atoms with van der Waals surface area (Å²) >= 11 is 1.59. The molecular formula is C11H14N2OS. The highest BCUT2D eigenvalue weighted by molar-refractivity contribution is 8.00. The number of anilines is 1. The number of hydrogen-bond donors (Lipinski definition) is 2. The molecule has 1 unspecified atom stereocenters. The number of amides is 1. The molecule has 1 aromatic rings. The molecule has 4 heteroatoms. The van der Waals surface area contributed by atoms with Crippen LogP contribution < -0.4 is 11.1 Å². The van der Waals surface area contributed by atoms with Gasteiger partial charge in [-0.25, -0.2) is 0 Å². The molecule has 3 nitrogen and oxygen atoms in total. The van der Waals surface area contributed by atoms with Gasteiger partial charge in [0.05, 0.1) is 11.4 Å². The Hall–Kier alpha value is -1.00. The van der Waals surface area contributed by atoms with Crippen molar-refractivity contribution in [1.29, 1.82) is 0 Å². The van der Waals surface area contributed by atoms with E-state index in [1.807, 2.05) is 12.1 Å². The van der Waals surface area contributed by atoms with Gasteiger partial charge in [-0.05, 0) is 30.2 Å². The van der Waals surface area contributed by atoms with Crippen molar-refractivity contribution < 1.29 is 4.79 Å². The van der Waals surface area contributed by atoms with E-state index in [-0.39, 0.29) is 5.91 Å². The third kappa shape index (κ3) is 2.16. The fourth-order valence-electron chi connectivity index (χ4n) is 1.53. The molecule has 1 aliphatic rings. The molecule has 0 bridgehead atoms. The molecule has 1 aromatic carbocycles. The standard InChI is InChI=1S/C11H14N2OS/c1-7(5-12)8-2-3-9-10(4-8)15-6-11(14)13-9/h2-4,7H,5-6,12H2,1H3,(H,13,14). The van der Waals surface area contributed by atoms with Gasteiger partial charge in [0, 0.05) is 4.90 Å². The Morgan fingerprint density at radius 3 is 3.13 bits per heavy atom. The lowest BCUT2D eigenvalue weighted by Gasteiger charge is -2.18. The van der Waals surface area contributed by atoms with E-state index < -0.39 is 0 Å². The smallest absolute Gasteiger partial charge is 0.234 e. The lowest BCUT2D eigenvalue weighted by Crippen LogP contribution is -2.19. The zero-order chi connectivity index (χ0) is 10.8. The molecule has 0 spiro atoms. The Labute approximate surface area is 93.4 Å². The Bertz CT molecular complexity index is 392. The van der Waals surface area contributed by atoms with Gasteiger partial charge in [0.25, 0.3) is 0 Å². The van der Waals surface area contributed by atoms with Crippen LogP contribution in [0.5, 0.6) is 0 Å². The number of carbonyl (C=O) groups excluding carboxylic acids is 1. The van der Waals surface area contributed by atoms with E-state index >= 15 is 0 Å². The van der Waals surface area contributed by atoms with Gasteiger partial charge in [-0.3, -0.25) is 4.79 Å². The molecule has 0 saturated heterocycles. The molecule has 1 aliphatic heterocycles. The minimum absolute atomic E-state index is 0.0760. The Kier molecular flexibility index (Phi) is 2.98. The molecule has 2 rings (SSSR count). The summed E-state index contributed by atoms with van der Waals surface area (Å²) in [5, 5.41) is 2.85. The fraction of sp³-hybridized carbons (Fsp3) is 0.364. The van der Waals surface area contributed by atoms with E-state index in [1.165, 1.54) is 5.56 Å². The third-order valence-electron chi connectivity index (χ3n) is 2.56. The molecule has 3 N–H and O–H groups in total. The van der Waals surface area contributed by atoms with Crippen LogP contribution in [0.3, 0.4) is 0 Å². The van der Waals surface area contributed by atoms with Crippen molar-refractivity contribution >= 4 is 23.4 Å². The zero-order valence-electron chi connectivity index (χ0n) is 8.62. The van der Waals surface area contributed by atoms with Crippen molar-refractivity contribution in [3.8, 4) is 0 Å². The predicted octanol–water partition coefficient (Wildman–Crippen LogP) is 1.79. The first-order chi connectivity index (χ1) is 7.20. The highest BCUT2D eigenvalue weighted by atomic mass is 32.2. The maximum Gasteiger partial charge on any atom is 0.234 e. The topological polar surface area (TPSA) is 55.1 Å². The summed E-state index contributed by atoms with van der Waals surface area (Å²) in [6.45, 7) is 2.75. The SMILES string of the molecule is CC(CN)c1ccc2c(c1)SCC(=O)N2. The number of benzene rings is 1. The second-order valence-corrected chi connectivity index (χ2v) is 4.75. The van der Waals surface area contributed by atoms with Gasteiger partial charge in [0.15, 0.2) is 0 Å². The summed E-state index contributed by atoms with van der Waals surface area (Å²) in [7, 11) is 0. The number of nitrogens with two attached hydrogens (primary N) is 1. The molecule has 0 saturated carbocycles. The molecule has 1 atom stereocenters. The van der Waals surface area contributed by atoms with Gasteiger partial charge in [-0.1, -0.05) is 13.0 Å². The van der Waals surface area contributed by atoms with Gasteiger partial charge >= 0.3 is 0 Å². The summed E-state index contributed by atoms with van der Waals surface area (Å²) < 4.78 is 0. The van der Waals surface area contributed by atoms with Crippen molar-refractivity contribution in [3.63, 3.8) is 0 Å². The lowest BCUT2D eigenvalue weighted by molar-refractivity contribution is -0.113. The lowest BCUT2D eigenvalue weighted by atomic mass is 10.0. The van der Waals surface area contributed by atoms with Crippen molar-refractivity contribution in [1.82, 2.24) is 0 Å². The van der Waals surface area contributed by atoms with Crippen LogP contribution in [0, 0.1) is 0 Å². The summed E-state index contributed by atoms with van der Waals surface area (Å²) in [5.74, 6) is 0.952. The van der Waals surface area contributed by atoms with Crippen LogP contribution in [0.4, 0.5) is 5.69 Å². The van der Waals surface area contributed by atoms with Crippen molar-refractivity contribution in [2.75, 3.05) is 17.6 Å². The van der Waals surface area contributed by atoms with Crippen molar-refractivity contribution in [3.05, 3.63) is 23.8 Å². The molecule has 0 fully saturated rings. The summed E-state index contributed by atoms with van der Waals surface area (Å²) in [4.78, 5) is 12.3. The van der Waals surface area contributed by atoms with E-state index in [1.54, 1.807) is 11.8 Å². The minimum Gasteiger partial charge on any atom is -0.330 e. The highest BCUT2D eigenvalue weighted by Gasteiger charge is 2.16. The van der Waals surface area contributed by atoms with E-state index in [0.29, 0.717) is 18.2 Å². The summed E-state index contributed by atoms with van der Waals surface area (Å²) in [5.41, 5.74) is 7.78. The van der Waals surface area contributed by atoms with Crippen LogP contribution in [0.15, 0.2) is 23.1 Å². The minimum atomic E-state index is 0.0760. The van der Waals surface area contributed by atoms with E-state index in [4.69, 9.17) is 5.73 Å². The van der Waals surface area contributed by atoms with Gasteiger partial charge < -0.3 is 11.1 Å². The maximum absolute atomic E-state index is 11.1. The first kappa shape index (κ1) is 10.5. The summed E-state index contributed by atoms with van der Waals surface area (Å²) in [6, 6.07) is 6.11. The molecule has 15 heavy (non-hydrogen) atoms. The second-order valence-electron chi connectivity index (χ2n) is 3.73. The Morgan fingerprint density at radius 2 is 2.40 bits per heavy atom. The fourth-order valence-corrected chi connectivity index (χ4v) is 2.39. The van der Waals surface area contributed by atoms with Gasteiger partial charge in [0.2, 0.25) is 5.91 Å². The Morgan fingerprint density at radius 1 is 1.60 bits per heavy atom. The third-order valence-corrected chi connectivity index (χ3v) is 3.62. The second kappa shape index (κ2) is 4.24. The van der Waals surface area contributed by atoms with Crippen molar-refractivity contribution in [2.24, 2.45) is 5.73 Å². The van der Waals surface area contributed by atoms with Crippen LogP contribution in [0.1, 0.15) is 18.4 Å². The predicted molar refractivity (Wildman–Crippen MR) is 63.3 cm³/mol. The number of nitrogens with one attached hydrogen (secondary N) is 1. The molecule has 1 heterocycles. The monoisotopic (exact) mass is 222 g/mol. The van der Waals surface area contributed by atoms with E-state index in [0.717, 1.165) is 10.6 Å². The number of thioether (sulfide) groups is 1. The molecule has 1 amide bonds. The van der Waals surface area contributed by atoms with E-state index in [2.05, 4.69) is 18.3 Å². The quantitative estimate of drug-likeness (QED) is 0.802. The van der Waals surface area contributed by atoms with Crippen LogP contribution in [0.25, 0.3) is 0 Å².